The van der Waals surface area contributed by atoms with Crippen LogP contribution in [0.5, 0.6) is 0 Å². The van der Waals surface area contributed by atoms with Gasteiger partial charge in [-0.15, -0.1) is 0 Å². The highest BCUT2D eigenvalue weighted by Crippen LogP contribution is 2.19. The fourth-order valence-corrected chi connectivity index (χ4v) is 3.07. The highest BCUT2D eigenvalue weighted by atomic mass is 32.2. The minimum Gasteiger partial charge on any atom is -0.467 e. The standard InChI is InChI=1S/C20H21NO5S/c1-3-27(24,25)15-7-11-17-9-5-4-8-16(17)10-6-14-21-18(20(23)26-2)12-13-19(21)22/h4-5,8-9,18H,3,12-15H2,1-2H3/t18-/m0/s1. The van der Waals surface area contributed by atoms with Crippen LogP contribution in [0.15, 0.2) is 24.3 Å². The van der Waals surface area contributed by atoms with Crippen LogP contribution in [-0.2, 0) is 24.2 Å². The summed E-state index contributed by atoms with van der Waals surface area (Å²) in [4.78, 5) is 25.1. The lowest BCUT2D eigenvalue weighted by Crippen LogP contribution is -2.39. The summed E-state index contributed by atoms with van der Waals surface area (Å²) >= 11 is 0. The molecular weight excluding hydrogens is 366 g/mol. The molecule has 0 spiro atoms. The van der Waals surface area contributed by atoms with E-state index >= 15 is 0 Å². The van der Waals surface area contributed by atoms with E-state index in [-0.39, 0.29) is 24.0 Å². The highest BCUT2D eigenvalue weighted by Gasteiger charge is 2.36. The molecule has 0 aliphatic carbocycles. The maximum atomic E-state index is 11.9. The second-order valence-electron chi connectivity index (χ2n) is 5.92. The summed E-state index contributed by atoms with van der Waals surface area (Å²) in [5, 5.41) is 0. The molecule has 0 aromatic heterocycles. The Morgan fingerprint density at radius 2 is 1.85 bits per heavy atom. The van der Waals surface area contributed by atoms with Gasteiger partial charge in [0, 0.05) is 23.3 Å². The Morgan fingerprint density at radius 3 is 2.44 bits per heavy atom. The summed E-state index contributed by atoms with van der Waals surface area (Å²) in [7, 11) is -1.86. The largest absolute Gasteiger partial charge is 0.467 e. The van der Waals surface area contributed by atoms with Crippen LogP contribution in [0.25, 0.3) is 0 Å². The molecule has 0 bridgehead atoms. The predicted molar refractivity (Wildman–Crippen MR) is 101 cm³/mol. The molecule has 1 heterocycles. The van der Waals surface area contributed by atoms with Gasteiger partial charge in [0.2, 0.25) is 5.91 Å². The Balaban J connectivity index is 2.14. The highest BCUT2D eigenvalue weighted by molar-refractivity contribution is 7.91. The molecular formula is C20H21NO5S. The molecule has 1 atom stereocenters. The first kappa shape index (κ1) is 20.5. The third kappa shape index (κ3) is 5.60. The van der Waals surface area contributed by atoms with E-state index in [1.54, 1.807) is 31.2 Å². The number of hydrogen-bond donors (Lipinski definition) is 0. The molecule has 1 aromatic carbocycles. The van der Waals surface area contributed by atoms with Crippen molar-refractivity contribution in [3.05, 3.63) is 35.4 Å². The average Bonchev–Trinajstić information content (AvgIpc) is 3.03. The molecule has 1 amide bonds. The fraction of sp³-hybridized carbons (Fsp3) is 0.400. The number of esters is 1. The Labute approximate surface area is 159 Å². The molecule has 2 rings (SSSR count). The van der Waals surface area contributed by atoms with E-state index < -0.39 is 21.8 Å². The van der Waals surface area contributed by atoms with Gasteiger partial charge in [-0.2, -0.15) is 0 Å². The number of nitrogens with zero attached hydrogens (tertiary/aromatic N) is 1. The van der Waals surface area contributed by atoms with Crippen LogP contribution in [-0.4, -0.2) is 56.4 Å². The van der Waals surface area contributed by atoms with Gasteiger partial charge in [0.25, 0.3) is 0 Å². The number of carbonyl (C=O) groups excluding carboxylic acids is 2. The molecule has 1 fully saturated rings. The quantitative estimate of drug-likeness (QED) is 0.569. The van der Waals surface area contributed by atoms with E-state index in [9.17, 15) is 18.0 Å². The van der Waals surface area contributed by atoms with Gasteiger partial charge in [-0.05, 0) is 18.6 Å². The van der Waals surface area contributed by atoms with Crippen LogP contribution >= 0.6 is 0 Å². The normalized spacial score (nSPS) is 16.1. The molecule has 0 radical (unpaired) electrons. The summed E-state index contributed by atoms with van der Waals surface area (Å²) in [6.07, 6.45) is 0.733. The molecule has 1 saturated heterocycles. The minimum atomic E-state index is -3.15. The van der Waals surface area contributed by atoms with Crippen molar-refractivity contribution in [1.29, 1.82) is 0 Å². The fourth-order valence-electron chi connectivity index (χ4n) is 2.58. The number of likely N-dealkylation sites (tertiary alicyclic amines) is 1. The molecule has 142 valence electrons. The molecule has 27 heavy (non-hydrogen) atoms. The van der Waals surface area contributed by atoms with Crippen molar-refractivity contribution in [2.45, 2.75) is 25.8 Å². The Hall–Kier alpha value is -2.77. The van der Waals surface area contributed by atoms with Gasteiger partial charge in [-0.25, -0.2) is 13.2 Å². The van der Waals surface area contributed by atoms with Gasteiger partial charge >= 0.3 is 5.97 Å². The summed E-state index contributed by atoms with van der Waals surface area (Å²) in [5.74, 6) is 10.6. The van der Waals surface area contributed by atoms with Crippen molar-refractivity contribution in [3.63, 3.8) is 0 Å². The zero-order valence-electron chi connectivity index (χ0n) is 15.3. The topological polar surface area (TPSA) is 80.8 Å². The van der Waals surface area contributed by atoms with Crippen molar-refractivity contribution >= 4 is 21.7 Å². The Morgan fingerprint density at radius 1 is 1.22 bits per heavy atom. The van der Waals surface area contributed by atoms with E-state index in [4.69, 9.17) is 4.74 Å². The second-order valence-corrected chi connectivity index (χ2v) is 8.28. The second kappa shape index (κ2) is 9.25. The first-order valence-electron chi connectivity index (χ1n) is 8.52. The lowest BCUT2D eigenvalue weighted by atomic mass is 10.1. The lowest BCUT2D eigenvalue weighted by molar-refractivity contribution is -0.148. The number of rotatable bonds is 4. The molecule has 1 aliphatic heterocycles. The number of sulfone groups is 1. The average molecular weight is 387 g/mol. The molecule has 0 unspecified atom stereocenters. The number of ether oxygens (including phenoxy) is 1. The van der Waals surface area contributed by atoms with Crippen LogP contribution < -0.4 is 0 Å². The Bertz CT molecular complexity index is 944. The van der Waals surface area contributed by atoms with Crippen LogP contribution in [0, 0.1) is 23.7 Å². The number of amides is 1. The molecule has 1 aromatic rings. The van der Waals surface area contributed by atoms with Crippen LogP contribution in [0.4, 0.5) is 0 Å². The first-order valence-corrected chi connectivity index (χ1v) is 10.3. The minimum absolute atomic E-state index is 0.0500. The van der Waals surface area contributed by atoms with E-state index in [2.05, 4.69) is 23.7 Å². The van der Waals surface area contributed by atoms with Crippen LogP contribution in [0.1, 0.15) is 30.9 Å². The third-order valence-electron chi connectivity index (χ3n) is 4.16. The van der Waals surface area contributed by atoms with E-state index in [0.717, 1.165) is 0 Å². The van der Waals surface area contributed by atoms with E-state index in [1.807, 2.05) is 0 Å². The number of benzene rings is 1. The third-order valence-corrected chi connectivity index (χ3v) is 5.62. The smallest absolute Gasteiger partial charge is 0.328 e. The van der Waals surface area contributed by atoms with Gasteiger partial charge in [-0.1, -0.05) is 42.7 Å². The molecule has 6 nitrogen and oxygen atoms in total. The molecule has 0 N–H and O–H groups in total. The van der Waals surface area contributed by atoms with Crippen molar-refractivity contribution in [1.82, 2.24) is 4.90 Å². The number of methoxy groups -OCH3 is 1. The van der Waals surface area contributed by atoms with E-state index in [1.165, 1.54) is 12.0 Å². The van der Waals surface area contributed by atoms with Gasteiger partial charge in [0.05, 0.1) is 13.7 Å². The summed E-state index contributed by atoms with van der Waals surface area (Å²) in [5.41, 5.74) is 1.26. The van der Waals surface area contributed by atoms with Crippen LogP contribution in [0.3, 0.4) is 0 Å². The predicted octanol–water partition coefficient (Wildman–Crippen LogP) is 0.988. The molecule has 1 aliphatic rings. The molecule has 0 saturated carbocycles. The van der Waals surface area contributed by atoms with Gasteiger partial charge in [0.15, 0.2) is 9.84 Å². The van der Waals surface area contributed by atoms with Crippen molar-refractivity contribution in [3.8, 4) is 23.7 Å². The molecule has 7 heteroatoms. The van der Waals surface area contributed by atoms with Gasteiger partial charge < -0.3 is 9.64 Å². The number of hydrogen-bond acceptors (Lipinski definition) is 5. The van der Waals surface area contributed by atoms with Crippen molar-refractivity contribution in [2.75, 3.05) is 25.2 Å². The number of carbonyl (C=O) groups is 2. The van der Waals surface area contributed by atoms with Gasteiger partial charge in [0.1, 0.15) is 11.8 Å². The summed E-state index contributed by atoms with van der Waals surface area (Å²) in [6, 6.07) is 6.53. The monoisotopic (exact) mass is 387 g/mol. The summed E-state index contributed by atoms with van der Waals surface area (Å²) < 4.78 is 27.8. The summed E-state index contributed by atoms with van der Waals surface area (Å²) in [6.45, 7) is 1.70. The SMILES string of the molecule is CCS(=O)(=O)CC#Cc1ccccc1C#CCN1C(=O)CC[C@H]1C(=O)OC. The lowest BCUT2D eigenvalue weighted by Gasteiger charge is -2.19. The van der Waals surface area contributed by atoms with Gasteiger partial charge in [-0.3, -0.25) is 4.79 Å². The van der Waals surface area contributed by atoms with E-state index in [0.29, 0.717) is 24.0 Å². The zero-order valence-corrected chi connectivity index (χ0v) is 16.1. The maximum Gasteiger partial charge on any atom is 0.328 e. The van der Waals surface area contributed by atoms with Crippen molar-refractivity contribution in [2.24, 2.45) is 0 Å². The zero-order chi connectivity index (χ0) is 19.9. The van der Waals surface area contributed by atoms with Crippen LogP contribution in [0.2, 0.25) is 0 Å². The maximum absolute atomic E-state index is 11.9. The first-order chi connectivity index (χ1) is 12.9. The van der Waals surface area contributed by atoms with Crippen molar-refractivity contribution < 1.29 is 22.7 Å². The Kier molecular flexibility index (Phi) is 7.04.